The van der Waals surface area contributed by atoms with E-state index < -0.39 is 16.5 Å². The van der Waals surface area contributed by atoms with Crippen LogP contribution in [0.15, 0.2) is 35.5 Å². The van der Waals surface area contributed by atoms with Gasteiger partial charge in [0, 0.05) is 6.42 Å². The van der Waals surface area contributed by atoms with Gasteiger partial charge in [-0.05, 0) is 79.6 Å². The SMILES string of the molecule is C=C1CC[C@H](OS(=O)(=O)[O-])C/C1=C/C=C1\CCC[C@]2(C)[C@@H]([C@H](C)CCCC(C)C)CC[C@@H]12.[Na+]. The summed E-state index contributed by atoms with van der Waals surface area (Å²) in [4.78, 5) is 0. The number of rotatable bonds is 8. The molecule has 0 aromatic carbocycles. The Morgan fingerprint density at radius 2 is 1.88 bits per heavy atom. The third-order valence-electron chi connectivity index (χ3n) is 8.59. The summed E-state index contributed by atoms with van der Waals surface area (Å²) in [6, 6.07) is 0. The summed E-state index contributed by atoms with van der Waals surface area (Å²) >= 11 is 0. The van der Waals surface area contributed by atoms with Gasteiger partial charge in [-0.3, -0.25) is 4.18 Å². The third-order valence-corrected chi connectivity index (χ3v) is 9.10. The minimum atomic E-state index is -4.67. The molecule has 0 N–H and O–H groups in total. The van der Waals surface area contributed by atoms with E-state index in [0.29, 0.717) is 30.6 Å². The standard InChI is InChI=1S/C27H44O4S.Na/c1-19(2)8-6-9-21(4)25-15-16-26-22(10-7-17-27(25,26)5)12-13-23-18-24(14-11-20(23)3)31-32(28,29)30;/h12-13,19,21,24-26H,3,6-11,14-18H2,1-2,4-5H3,(H,28,29,30);/q;+1/p-1/b22-12+,23-13-;/t21-,24+,25-,26+,27-;/m1./s1. The molecule has 3 rings (SSSR count). The molecule has 0 radical (unpaired) electrons. The van der Waals surface area contributed by atoms with E-state index in [-0.39, 0.29) is 29.6 Å². The molecule has 4 nitrogen and oxygen atoms in total. The number of fused-ring (bicyclic) bond motifs is 1. The molecule has 3 aliphatic carbocycles. The zero-order valence-corrected chi connectivity index (χ0v) is 24.4. The first-order valence-electron chi connectivity index (χ1n) is 12.7. The molecule has 0 spiro atoms. The zero-order chi connectivity index (χ0) is 23.5. The minimum absolute atomic E-state index is 0. The van der Waals surface area contributed by atoms with E-state index in [1.54, 1.807) is 5.57 Å². The topological polar surface area (TPSA) is 66.4 Å². The van der Waals surface area contributed by atoms with Crippen molar-refractivity contribution < 1.29 is 46.7 Å². The van der Waals surface area contributed by atoms with Gasteiger partial charge in [-0.15, -0.1) is 0 Å². The average molecular weight is 487 g/mol. The fourth-order valence-electron chi connectivity index (χ4n) is 6.89. The van der Waals surface area contributed by atoms with Gasteiger partial charge in [0.15, 0.2) is 0 Å². The van der Waals surface area contributed by atoms with E-state index in [1.807, 2.05) is 0 Å². The van der Waals surface area contributed by atoms with Crippen molar-refractivity contribution in [3.63, 3.8) is 0 Å². The van der Waals surface area contributed by atoms with Crippen LogP contribution in [0.2, 0.25) is 0 Å². The van der Waals surface area contributed by atoms with E-state index in [1.165, 1.54) is 44.9 Å². The summed E-state index contributed by atoms with van der Waals surface area (Å²) in [6.07, 6.45) is 15.9. The van der Waals surface area contributed by atoms with Gasteiger partial charge in [-0.2, -0.15) is 0 Å². The molecule has 5 atom stereocenters. The van der Waals surface area contributed by atoms with Crippen LogP contribution in [0, 0.1) is 29.1 Å². The first kappa shape index (κ1) is 29.3. The summed E-state index contributed by atoms with van der Waals surface area (Å²) in [5, 5.41) is 0. The van der Waals surface area contributed by atoms with Gasteiger partial charge in [0.2, 0.25) is 10.4 Å². The van der Waals surface area contributed by atoms with Crippen molar-refractivity contribution in [2.24, 2.45) is 29.1 Å². The Hall–Kier alpha value is 0.0900. The molecule has 0 aromatic heterocycles. The molecule has 0 unspecified atom stereocenters. The fraction of sp³-hybridized carbons (Fsp3) is 0.778. The molecular weight excluding hydrogens is 443 g/mol. The maximum Gasteiger partial charge on any atom is 1.00 e. The van der Waals surface area contributed by atoms with Crippen LogP contribution in [0.3, 0.4) is 0 Å². The van der Waals surface area contributed by atoms with Crippen molar-refractivity contribution in [3.8, 4) is 0 Å². The van der Waals surface area contributed by atoms with Gasteiger partial charge in [-0.25, -0.2) is 8.42 Å². The second kappa shape index (κ2) is 12.4. The van der Waals surface area contributed by atoms with Crippen molar-refractivity contribution >= 4 is 10.4 Å². The van der Waals surface area contributed by atoms with Crippen molar-refractivity contribution in [2.45, 2.75) is 104 Å². The summed E-state index contributed by atoms with van der Waals surface area (Å²) in [5.41, 5.74) is 4.01. The van der Waals surface area contributed by atoms with Crippen molar-refractivity contribution in [3.05, 3.63) is 35.5 Å². The molecule has 3 aliphatic rings. The molecule has 33 heavy (non-hydrogen) atoms. The van der Waals surface area contributed by atoms with Crippen LogP contribution in [0.1, 0.15) is 98.3 Å². The molecule has 0 heterocycles. The van der Waals surface area contributed by atoms with Crippen LogP contribution >= 0.6 is 0 Å². The smallest absolute Gasteiger partial charge is 0.726 e. The Labute approximate surface area is 225 Å². The Bertz CT molecular complexity index is 844. The van der Waals surface area contributed by atoms with Crippen molar-refractivity contribution in [1.82, 2.24) is 0 Å². The first-order chi connectivity index (χ1) is 15.0. The maximum atomic E-state index is 11.0. The van der Waals surface area contributed by atoms with E-state index in [2.05, 4.69) is 46.4 Å². The van der Waals surface area contributed by atoms with Crippen LogP contribution in [-0.2, 0) is 14.6 Å². The maximum absolute atomic E-state index is 11.0. The average Bonchev–Trinajstić information content (AvgIpc) is 3.04. The van der Waals surface area contributed by atoms with Crippen molar-refractivity contribution in [1.29, 1.82) is 0 Å². The molecular formula is C27H43NaO4S. The summed E-state index contributed by atoms with van der Waals surface area (Å²) in [6.45, 7) is 13.8. The molecule has 0 aromatic rings. The monoisotopic (exact) mass is 486 g/mol. The van der Waals surface area contributed by atoms with E-state index in [9.17, 15) is 13.0 Å². The molecule has 3 fully saturated rings. The molecule has 3 saturated carbocycles. The van der Waals surface area contributed by atoms with Gasteiger partial charge in [0.25, 0.3) is 0 Å². The molecule has 0 saturated heterocycles. The van der Waals surface area contributed by atoms with Gasteiger partial charge in [0.1, 0.15) is 0 Å². The Kier molecular flexibility index (Phi) is 11.0. The third kappa shape index (κ3) is 7.79. The molecule has 182 valence electrons. The van der Waals surface area contributed by atoms with Crippen LogP contribution in [-0.4, -0.2) is 19.1 Å². The summed E-state index contributed by atoms with van der Waals surface area (Å²) < 4.78 is 37.8. The Balaban J connectivity index is 0.00000385. The largest absolute Gasteiger partial charge is 1.00 e. The predicted molar refractivity (Wildman–Crippen MR) is 130 cm³/mol. The van der Waals surface area contributed by atoms with Crippen LogP contribution in [0.4, 0.5) is 0 Å². The molecule has 0 aliphatic heterocycles. The van der Waals surface area contributed by atoms with E-state index >= 15 is 0 Å². The van der Waals surface area contributed by atoms with E-state index in [0.717, 1.165) is 35.3 Å². The van der Waals surface area contributed by atoms with Gasteiger partial charge >= 0.3 is 29.6 Å². The second-order valence-corrected chi connectivity index (χ2v) is 12.3. The minimum Gasteiger partial charge on any atom is -0.726 e. The Morgan fingerprint density at radius 3 is 2.55 bits per heavy atom. The second-order valence-electron chi connectivity index (χ2n) is 11.3. The van der Waals surface area contributed by atoms with Crippen LogP contribution in [0.25, 0.3) is 0 Å². The van der Waals surface area contributed by atoms with Crippen LogP contribution in [0.5, 0.6) is 0 Å². The predicted octanol–water partition coefficient (Wildman–Crippen LogP) is 4.11. The first-order valence-corrected chi connectivity index (χ1v) is 14.0. The molecule has 6 heteroatoms. The normalized spacial score (nSPS) is 33.9. The van der Waals surface area contributed by atoms with Gasteiger partial charge < -0.3 is 4.55 Å². The fourth-order valence-corrected chi connectivity index (χ4v) is 7.39. The zero-order valence-electron chi connectivity index (χ0n) is 21.6. The summed E-state index contributed by atoms with van der Waals surface area (Å²) in [5.74, 6) is 3.03. The number of hydrogen-bond donors (Lipinski definition) is 0. The quantitative estimate of drug-likeness (QED) is 0.294. The molecule has 0 bridgehead atoms. The van der Waals surface area contributed by atoms with E-state index in [4.69, 9.17) is 4.18 Å². The van der Waals surface area contributed by atoms with Gasteiger partial charge in [-0.1, -0.05) is 76.8 Å². The van der Waals surface area contributed by atoms with Crippen LogP contribution < -0.4 is 29.6 Å². The Morgan fingerprint density at radius 1 is 1.15 bits per heavy atom. The number of hydrogen-bond acceptors (Lipinski definition) is 4. The van der Waals surface area contributed by atoms with Crippen molar-refractivity contribution in [2.75, 3.05) is 0 Å². The van der Waals surface area contributed by atoms with Gasteiger partial charge in [0.05, 0.1) is 6.10 Å². The molecule has 0 amide bonds. The summed E-state index contributed by atoms with van der Waals surface area (Å²) in [7, 11) is -4.67. The number of allylic oxidation sites excluding steroid dienone is 4.